The van der Waals surface area contributed by atoms with Crippen LogP contribution in [0, 0.1) is 19.8 Å². The molecule has 0 aliphatic carbocycles. The fourth-order valence-electron chi connectivity index (χ4n) is 6.10. The molecule has 2 unspecified atom stereocenters. The van der Waals surface area contributed by atoms with E-state index in [4.69, 9.17) is 0 Å². The fraction of sp³-hybridized carbons (Fsp3) is 0.562. The molecule has 0 spiro atoms. The van der Waals surface area contributed by atoms with Gasteiger partial charge < -0.3 is 14.9 Å². The summed E-state index contributed by atoms with van der Waals surface area (Å²) in [6.45, 7) is 12.9. The number of hydrogen-bond donors (Lipinski definition) is 1. The van der Waals surface area contributed by atoms with Crippen molar-refractivity contribution < 1.29 is 14.7 Å². The molecule has 2 saturated heterocycles. The van der Waals surface area contributed by atoms with Gasteiger partial charge in [-0.05, 0) is 64.0 Å². The highest BCUT2D eigenvalue weighted by atomic mass is 16.3. The van der Waals surface area contributed by atoms with E-state index in [-0.39, 0.29) is 29.8 Å². The summed E-state index contributed by atoms with van der Waals surface area (Å²) in [7, 11) is 0. The van der Waals surface area contributed by atoms with Crippen LogP contribution in [0.2, 0.25) is 0 Å². The third kappa shape index (κ3) is 6.83. The summed E-state index contributed by atoms with van der Waals surface area (Å²) < 4.78 is 0. The van der Waals surface area contributed by atoms with Gasteiger partial charge in [-0.2, -0.15) is 0 Å². The van der Waals surface area contributed by atoms with E-state index in [1.165, 1.54) is 22.3 Å². The Morgan fingerprint density at radius 3 is 2.00 bits per heavy atom. The summed E-state index contributed by atoms with van der Waals surface area (Å²) in [6.07, 6.45) is 3.25. The van der Waals surface area contributed by atoms with E-state index in [1.807, 2.05) is 23.6 Å². The highest BCUT2D eigenvalue weighted by molar-refractivity contribution is 5.77. The summed E-state index contributed by atoms with van der Waals surface area (Å²) in [5.41, 5.74) is 3.87. The normalized spacial score (nSPS) is 21.4. The summed E-state index contributed by atoms with van der Waals surface area (Å²) in [4.78, 5) is 31.7. The van der Waals surface area contributed by atoms with Crippen LogP contribution < -0.4 is 0 Å². The molecule has 0 bridgehead atoms. The lowest BCUT2D eigenvalue weighted by Crippen LogP contribution is -2.63. The van der Waals surface area contributed by atoms with Gasteiger partial charge in [0, 0.05) is 46.1 Å². The monoisotopic (exact) mass is 519 g/mol. The first-order valence-corrected chi connectivity index (χ1v) is 14.2. The maximum absolute atomic E-state index is 13.7. The Kier molecular flexibility index (Phi) is 8.94. The van der Waals surface area contributed by atoms with Gasteiger partial charge >= 0.3 is 0 Å². The van der Waals surface area contributed by atoms with Crippen LogP contribution >= 0.6 is 0 Å². The van der Waals surface area contributed by atoms with E-state index in [1.54, 1.807) is 6.92 Å². The van der Waals surface area contributed by atoms with Crippen molar-refractivity contribution >= 4 is 11.8 Å². The second-order valence-electron chi connectivity index (χ2n) is 12.0. The maximum Gasteiger partial charge on any atom is 0.223 e. The van der Waals surface area contributed by atoms with E-state index in [2.05, 4.69) is 67.3 Å². The molecule has 2 heterocycles. The van der Waals surface area contributed by atoms with Gasteiger partial charge in [0.25, 0.3) is 0 Å². The van der Waals surface area contributed by atoms with E-state index in [0.29, 0.717) is 19.5 Å². The van der Waals surface area contributed by atoms with Crippen LogP contribution in [-0.4, -0.2) is 76.0 Å². The largest absolute Gasteiger partial charge is 0.388 e. The van der Waals surface area contributed by atoms with Crippen molar-refractivity contribution in [3.63, 3.8) is 0 Å². The zero-order valence-electron chi connectivity index (χ0n) is 23.8. The molecule has 2 aromatic carbocycles. The minimum Gasteiger partial charge on any atom is -0.388 e. The van der Waals surface area contributed by atoms with Crippen LogP contribution in [0.3, 0.4) is 0 Å². The summed E-state index contributed by atoms with van der Waals surface area (Å²) in [5, 5.41) is 11.3. The van der Waals surface area contributed by atoms with Crippen molar-refractivity contribution in [3.8, 4) is 0 Å². The predicted octanol–water partition coefficient (Wildman–Crippen LogP) is 4.72. The molecule has 2 amide bonds. The number of carbonyl (C=O) groups is 2. The molecular weight excluding hydrogens is 474 g/mol. The number of carbonyl (C=O) groups excluding carboxylic acids is 2. The minimum atomic E-state index is -1.03. The lowest BCUT2D eigenvalue weighted by molar-refractivity contribution is -0.146. The van der Waals surface area contributed by atoms with E-state index in [0.717, 1.165) is 38.9 Å². The Bertz CT molecular complexity index is 1040. The molecular formula is C32H45N3O3. The maximum atomic E-state index is 13.7. The Hall–Kier alpha value is -2.70. The summed E-state index contributed by atoms with van der Waals surface area (Å²) in [6, 6.07) is 17.2. The van der Waals surface area contributed by atoms with Gasteiger partial charge in [-0.3, -0.25) is 14.5 Å². The number of piperazine rings is 1. The van der Waals surface area contributed by atoms with Crippen LogP contribution in [0.1, 0.15) is 74.8 Å². The minimum absolute atomic E-state index is 0.0534. The SMILES string of the molecule is CC(=O)N1CCCC(CC(=O)N2CCN(C(c3ccc(C)cc3)c3ccc(C)cc3)CC2C(C)(C)O)CC1. The number of benzene rings is 2. The highest BCUT2D eigenvalue weighted by Crippen LogP contribution is 2.34. The second-order valence-corrected chi connectivity index (χ2v) is 12.0. The Morgan fingerprint density at radius 2 is 1.47 bits per heavy atom. The van der Waals surface area contributed by atoms with Crippen molar-refractivity contribution in [2.75, 3.05) is 32.7 Å². The van der Waals surface area contributed by atoms with Gasteiger partial charge in [-0.25, -0.2) is 0 Å². The van der Waals surface area contributed by atoms with Gasteiger partial charge in [-0.1, -0.05) is 59.7 Å². The number of likely N-dealkylation sites (tertiary alicyclic amines) is 1. The van der Waals surface area contributed by atoms with Gasteiger partial charge in [-0.15, -0.1) is 0 Å². The molecule has 0 aromatic heterocycles. The first-order chi connectivity index (χ1) is 18.0. The zero-order valence-corrected chi connectivity index (χ0v) is 23.8. The molecule has 0 saturated carbocycles. The van der Waals surface area contributed by atoms with Crippen molar-refractivity contribution in [2.45, 2.75) is 78.0 Å². The quantitative estimate of drug-likeness (QED) is 0.600. The van der Waals surface area contributed by atoms with Crippen molar-refractivity contribution in [1.29, 1.82) is 0 Å². The van der Waals surface area contributed by atoms with Crippen LogP contribution in [0.15, 0.2) is 48.5 Å². The zero-order chi connectivity index (χ0) is 27.4. The number of nitrogens with zero attached hydrogens (tertiary/aromatic N) is 3. The Labute approximate surface area is 228 Å². The van der Waals surface area contributed by atoms with Gasteiger partial charge in [0.2, 0.25) is 11.8 Å². The van der Waals surface area contributed by atoms with Gasteiger partial charge in [0.15, 0.2) is 0 Å². The number of hydrogen-bond acceptors (Lipinski definition) is 4. The topological polar surface area (TPSA) is 64.1 Å². The molecule has 6 heteroatoms. The molecule has 2 atom stereocenters. The average molecular weight is 520 g/mol. The lowest BCUT2D eigenvalue weighted by atomic mass is 9.89. The second kappa shape index (κ2) is 12.0. The smallest absolute Gasteiger partial charge is 0.223 e. The first kappa shape index (κ1) is 28.3. The Balaban J connectivity index is 1.53. The predicted molar refractivity (Wildman–Crippen MR) is 152 cm³/mol. The number of rotatable bonds is 6. The van der Waals surface area contributed by atoms with Gasteiger partial charge in [0.05, 0.1) is 17.7 Å². The molecule has 2 aliphatic rings. The summed E-state index contributed by atoms with van der Waals surface area (Å²) >= 11 is 0. The van der Waals surface area contributed by atoms with Gasteiger partial charge in [0.1, 0.15) is 0 Å². The van der Waals surface area contributed by atoms with Crippen molar-refractivity contribution in [2.24, 2.45) is 5.92 Å². The van der Waals surface area contributed by atoms with E-state index >= 15 is 0 Å². The number of amides is 2. The standard InChI is InChI=1S/C32H45N3O3/c1-23-8-12-27(13-9-23)31(28-14-10-24(2)11-15-28)34-19-20-35(29(22-34)32(4,5)38)30(37)21-26-7-6-17-33(18-16-26)25(3)36/h8-15,26,29,31,38H,6-7,16-22H2,1-5H3. The molecule has 4 rings (SSSR count). The first-order valence-electron chi connectivity index (χ1n) is 14.2. The number of aliphatic hydroxyl groups is 1. The lowest BCUT2D eigenvalue weighted by Gasteiger charge is -2.49. The summed E-state index contributed by atoms with van der Waals surface area (Å²) in [5.74, 6) is 0.521. The van der Waals surface area contributed by atoms with E-state index < -0.39 is 5.60 Å². The van der Waals surface area contributed by atoms with Crippen LogP contribution in [0.4, 0.5) is 0 Å². The molecule has 2 aromatic rings. The fourth-order valence-corrected chi connectivity index (χ4v) is 6.10. The highest BCUT2D eigenvalue weighted by Gasteiger charge is 2.41. The molecule has 1 N–H and O–H groups in total. The molecule has 0 radical (unpaired) electrons. The van der Waals surface area contributed by atoms with Crippen LogP contribution in [-0.2, 0) is 9.59 Å². The third-order valence-electron chi connectivity index (χ3n) is 8.46. The van der Waals surface area contributed by atoms with Crippen molar-refractivity contribution in [1.82, 2.24) is 14.7 Å². The van der Waals surface area contributed by atoms with Crippen LogP contribution in [0.25, 0.3) is 0 Å². The molecule has 2 fully saturated rings. The molecule has 206 valence electrons. The van der Waals surface area contributed by atoms with Crippen LogP contribution in [0.5, 0.6) is 0 Å². The third-order valence-corrected chi connectivity index (χ3v) is 8.46. The Morgan fingerprint density at radius 1 is 0.895 bits per heavy atom. The molecule has 2 aliphatic heterocycles. The number of aryl methyl sites for hydroxylation is 2. The molecule has 6 nitrogen and oxygen atoms in total. The van der Waals surface area contributed by atoms with E-state index in [9.17, 15) is 14.7 Å². The average Bonchev–Trinajstić information content (AvgIpc) is 3.11. The molecule has 38 heavy (non-hydrogen) atoms. The van der Waals surface area contributed by atoms with Crippen molar-refractivity contribution in [3.05, 3.63) is 70.8 Å².